The molecule has 0 amide bonds. The first-order chi connectivity index (χ1) is 21.2. The summed E-state index contributed by atoms with van der Waals surface area (Å²) < 4.78 is 7.83. The van der Waals surface area contributed by atoms with E-state index >= 15 is 0 Å². The van der Waals surface area contributed by atoms with Crippen molar-refractivity contribution in [2.45, 2.75) is 13.0 Å². The van der Waals surface area contributed by atoms with Crippen molar-refractivity contribution in [3.8, 4) is 28.8 Å². The lowest BCUT2D eigenvalue weighted by Gasteiger charge is -2.11. The number of anilines is 2. The second-order valence-corrected chi connectivity index (χ2v) is 10.3. The summed E-state index contributed by atoms with van der Waals surface area (Å²) in [6, 6.07) is 46.4. The summed E-state index contributed by atoms with van der Waals surface area (Å²) >= 11 is 0. The van der Waals surface area contributed by atoms with E-state index in [9.17, 15) is 5.26 Å². The molecule has 206 valence electrons. The second kappa shape index (κ2) is 11.5. The van der Waals surface area contributed by atoms with Crippen LogP contribution in [0.1, 0.15) is 22.3 Å². The molecule has 6 nitrogen and oxygen atoms in total. The van der Waals surface area contributed by atoms with E-state index in [2.05, 4.69) is 41.7 Å². The molecule has 0 fully saturated rings. The maximum absolute atomic E-state index is 10.2. The van der Waals surface area contributed by atoms with E-state index in [1.165, 1.54) is 0 Å². The number of para-hydroxylation sites is 1. The summed E-state index contributed by atoms with van der Waals surface area (Å²) in [7, 11) is 0. The number of nitrogens with one attached hydrogen (secondary N) is 1. The summed E-state index contributed by atoms with van der Waals surface area (Å²) in [6.07, 6.45) is 0.751. The molecule has 43 heavy (non-hydrogen) atoms. The lowest BCUT2D eigenvalue weighted by Crippen LogP contribution is -2.03. The average molecular weight is 558 g/mol. The molecule has 0 unspecified atom stereocenters. The van der Waals surface area contributed by atoms with Gasteiger partial charge in [-0.15, -0.1) is 0 Å². The molecule has 0 saturated carbocycles. The van der Waals surface area contributed by atoms with Gasteiger partial charge in [0.2, 0.25) is 0 Å². The van der Waals surface area contributed by atoms with Crippen LogP contribution in [0.5, 0.6) is 11.5 Å². The lowest BCUT2D eigenvalue weighted by atomic mass is 10.0. The van der Waals surface area contributed by atoms with E-state index in [1.54, 1.807) is 0 Å². The zero-order valence-electron chi connectivity index (χ0n) is 23.3. The van der Waals surface area contributed by atoms with Gasteiger partial charge in [0.05, 0.1) is 11.4 Å². The zero-order valence-corrected chi connectivity index (χ0v) is 23.3. The van der Waals surface area contributed by atoms with Crippen LogP contribution in [0.25, 0.3) is 11.3 Å². The van der Waals surface area contributed by atoms with E-state index in [4.69, 9.17) is 14.8 Å². The molecule has 7 rings (SSSR count). The number of ether oxygens (including phenoxy) is 1. The van der Waals surface area contributed by atoms with Gasteiger partial charge >= 0.3 is 0 Å². The van der Waals surface area contributed by atoms with Crippen molar-refractivity contribution >= 4 is 22.9 Å². The van der Waals surface area contributed by atoms with Crippen molar-refractivity contribution in [3.63, 3.8) is 0 Å². The largest absolute Gasteiger partial charge is 0.457 e. The van der Waals surface area contributed by atoms with Gasteiger partial charge in [0.25, 0.3) is 0 Å². The van der Waals surface area contributed by atoms with Crippen LogP contribution in [-0.4, -0.2) is 15.5 Å². The minimum absolute atomic E-state index is 0.516. The topological polar surface area (TPSA) is 75.2 Å². The average Bonchev–Trinajstić information content (AvgIpc) is 3.31. The highest BCUT2D eigenvalue weighted by atomic mass is 16.5. The van der Waals surface area contributed by atoms with Crippen LogP contribution in [0, 0.1) is 11.3 Å². The number of aryl methyl sites for hydroxylation is 2. The normalized spacial score (nSPS) is 11.7. The summed E-state index contributed by atoms with van der Waals surface area (Å²) in [4.78, 5) is 5.10. The van der Waals surface area contributed by atoms with Crippen LogP contribution in [0.4, 0.5) is 17.2 Å². The molecule has 0 aliphatic carbocycles. The smallest absolute Gasteiger partial charge is 0.147 e. The molecule has 2 heterocycles. The number of rotatable bonds is 6. The molecule has 0 bridgehead atoms. The van der Waals surface area contributed by atoms with Crippen LogP contribution in [-0.2, 0) is 13.0 Å². The first kappa shape index (κ1) is 26.0. The predicted octanol–water partition coefficient (Wildman–Crippen LogP) is 8.68. The number of hydrogen-bond donors (Lipinski definition) is 1. The molecule has 6 heteroatoms. The van der Waals surface area contributed by atoms with Gasteiger partial charge < -0.3 is 10.1 Å². The first-order valence-corrected chi connectivity index (χ1v) is 14.2. The number of benzene rings is 5. The fraction of sp³-hybridized carbons (Fsp3) is 0.0541. The van der Waals surface area contributed by atoms with Crippen molar-refractivity contribution in [3.05, 3.63) is 156 Å². The monoisotopic (exact) mass is 557 g/mol. The van der Waals surface area contributed by atoms with Gasteiger partial charge in [-0.1, -0.05) is 78.9 Å². The number of aromatic nitrogens is 2. The van der Waals surface area contributed by atoms with Crippen LogP contribution in [0.15, 0.2) is 138 Å². The van der Waals surface area contributed by atoms with Gasteiger partial charge in [-0.2, -0.15) is 10.4 Å². The van der Waals surface area contributed by atoms with E-state index < -0.39 is 0 Å². The lowest BCUT2D eigenvalue weighted by molar-refractivity contribution is 0.483. The van der Waals surface area contributed by atoms with E-state index in [-0.39, 0.29) is 0 Å². The zero-order chi connectivity index (χ0) is 29.0. The van der Waals surface area contributed by atoms with Gasteiger partial charge in [-0.05, 0) is 66.6 Å². The van der Waals surface area contributed by atoms with Crippen LogP contribution in [0.2, 0.25) is 0 Å². The molecule has 0 radical (unpaired) electrons. The Balaban J connectivity index is 1.18. The quantitative estimate of drug-likeness (QED) is 0.208. The Morgan fingerprint density at radius 3 is 2.05 bits per heavy atom. The summed E-state index contributed by atoms with van der Waals surface area (Å²) in [6.45, 7) is 0.636. The number of aliphatic imine (C=N–C) groups is 1. The van der Waals surface area contributed by atoms with Crippen molar-refractivity contribution in [1.82, 2.24) is 9.78 Å². The van der Waals surface area contributed by atoms with Gasteiger partial charge in [0.1, 0.15) is 34.6 Å². The SMILES string of the molecule is N#Cc1c(-c2ccc(Oc3ccccc3)cc2)nn2c1Nc1ccc(N=C(c3ccccc3)c3ccccc3)cc1CC2. The molecule has 1 aliphatic rings. The van der Waals surface area contributed by atoms with Gasteiger partial charge in [-0.3, -0.25) is 0 Å². The fourth-order valence-electron chi connectivity index (χ4n) is 5.31. The Morgan fingerprint density at radius 2 is 1.40 bits per heavy atom. The molecule has 1 aliphatic heterocycles. The first-order valence-electron chi connectivity index (χ1n) is 14.2. The van der Waals surface area contributed by atoms with Crippen LogP contribution >= 0.6 is 0 Å². The number of hydrogen-bond acceptors (Lipinski definition) is 5. The minimum Gasteiger partial charge on any atom is -0.457 e. The van der Waals surface area contributed by atoms with E-state index in [0.29, 0.717) is 23.6 Å². The van der Waals surface area contributed by atoms with Gasteiger partial charge in [0, 0.05) is 28.9 Å². The standard InChI is InChI=1S/C37H27N5O/c38-25-33-36(28-16-19-32(20-17-28)43-31-14-8-3-9-15-31)41-42-23-22-29-24-30(18-21-34(29)40-37(33)42)39-35(26-10-4-1-5-11-26)27-12-6-2-7-13-27/h1-21,24,40H,22-23H2. The maximum atomic E-state index is 10.2. The highest BCUT2D eigenvalue weighted by molar-refractivity contribution is 6.14. The Bertz CT molecular complexity index is 1910. The highest BCUT2D eigenvalue weighted by Crippen LogP contribution is 2.36. The van der Waals surface area contributed by atoms with Crippen molar-refractivity contribution in [2.24, 2.45) is 4.99 Å². The molecular formula is C37H27N5O. The molecule has 0 spiro atoms. The summed E-state index contributed by atoms with van der Waals surface area (Å²) in [5, 5.41) is 18.6. The van der Waals surface area contributed by atoms with Crippen molar-refractivity contribution in [2.75, 3.05) is 5.32 Å². The number of nitrogens with zero attached hydrogens (tertiary/aromatic N) is 4. The third-order valence-electron chi connectivity index (χ3n) is 7.44. The predicted molar refractivity (Wildman–Crippen MR) is 171 cm³/mol. The van der Waals surface area contributed by atoms with Crippen molar-refractivity contribution in [1.29, 1.82) is 5.26 Å². The molecule has 0 saturated heterocycles. The Hall–Kier alpha value is -5.93. The summed E-state index contributed by atoms with van der Waals surface area (Å²) in [5.74, 6) is 2.20. The maximum Gasteiger partial charge on any atom is 0.147 e. The van der Waals surface area contributed by atoms with Crippen molar-refractivity contribution < 1.29 is 4.74 Å². The molecule has 6 aromatic rings. The number of fused-ring (bicyclic) bond motifs is 2. The Kier molecular flexibility index (Phi) is 6.96. The van der Waals surface area contributed by atoms with E-state index in [1.807, 2.05) is 108 Å². The molecular weight excluding hydrogens is 530 g/mol. The molecule has 0 atom stereocenters. The minimum atomic E-state index is 0.516. The molecule has 1 aromatic heterocycles. The van der Waals surface area contributed by atoms with Crippen LogP contribution in [0.3, 0.4) is 0 Å². The van der Waals surface area contributed by atoms with Gasteiger partial charge in [-0.25, -0.2) is 9.67 Å². The molecule has 5 aromatic carbocycles. The third-order valence-corrected chi connectivity index (χ3v) is 7.44. The Labute approximate surface area is 250 Å². The third kappa shape index (κ3) is 5.40. The summed E-state index contributed by atoms with van der Waals surface area (Å²) in [5.41, 5.74) is 8.03. The molecule has 1 N–H and O–H groups in total. The number of nitriles is 1. The van der Waals surface area contributed by atoms with Crippen LogP contribution < -0.4 is 10.1 Å². The Morgan fingerprint density at radius 1 is 0.767 bits per heavy atom. The second-order valence-electron chi connectivity index (χ2n) is 10.3. The highest BCUT2D eigenvalue weighted by Gasteiger charge is 2.23. The fourth-order valence-corrected chi connectivity index (χ4v) is 5.31. The van der Waals surface area contributed by atoms with Gasteiger partial charge in [0.15, 0.2) is 0 Å². The van der Waals surface area contributed by atoms with E-state index in [0.717, 1.165) is 57.3 Å².